The number of quaternary nitrogens is 1. The van der Waals surface area contributed by atoms with E-state index in [0.29, 0.717) is 18.8 Å². The summed E-state index contributed by atoms with van der Waals surface area (Å²) in [6.45, 7) is 2.80. The molecule has 0 radical (unpaired) electrons. The number of anilines is 1. The summed E-state index contributed by atoms with van der Waals surface area (Å²) in [5, 5.41) is 15.2. The van der Waals surface area contributed by atoms with Gasteiger partial charge in [-0.25, -0.2) is 0 Å². The lowest BCUT2D eigenvalue weighted by molar-refractivity contribution is -0.683. The van der Waals surface area contributed by atoms with E-state index in [0.717, 1.165) is 5.56 Å². The highest BCUT2D eigenvalue weighted by atomic mass is 16.5. The molecule has 0 saturated heterocycles. The highest BCUT2D eigenvalue weighted by molar-refractivity contribution is 5.93. The SMILES string of the molecule is COCC[NH2+][C@H](CC(=O)Nc1cccc(C)c1)C(=O)[O-]. The Balaban J connectivity index is 2.51. The van der Waals surface area contributed by atoms with Crippen molar-refractivity contribution in [3.05, 3.63) is 29.8 Å². The van der Waals surface area contributed by atoms with Crippen LogP contribution < -0.4 is 15.7 Å². The Kier molecular flexibility index (Phi) is 6.69. The Morgan fingerprint density at radius 1 is 1.45 bits per heavy atom. The normalized spacial score (nSPS) is 11.9. The number of carboxylic acids is 1. The molecule has 6 nitrogen and oxygen atoms in total. The van der Waals surface area contributed by atoms with Crippen LogP contribution in [0.1, 0.15) is 12.0 Å². The molecule has 0 aliphatic heterocycles. The number of carboxylic acid groups (broad SMARTS) is 1. The van der Waals surface area contributed by atoms with E-state index in [1.807, 2.05) is 25.1 Å². The van der Waals surface area contributed by atoms with Crippen molar-refractivity contribution in [3.8, 4) is 0 Å². The second-order valence-corrected chi connectivity index (χ2v) is 4.56. The van der Waals surface area contributed by atoms with Crippen LogP contribution in [-0.4, -0.2) is 38.2 Å². The molecule has 3 N–H and O–H groups in total. The molecule has 1 aromatic carbocycles. The molecule has 0 aliphatic carbocycles. The number of aliphatic carboxylic acids is 1. The molecule has 1 rings (SSSR count). The van der Waals surface area contributed by atoms with Gasteiger partial charge in [0, 0.05) is 12.8 Å². The molecule has 0 aromatic heterocycles. The predicted molar refractivity (Wildman–Crippen MR) is 71.9 cm³/mol. The van der Waals surface area contributed by atoms with E-state index in [2.05, 4.69) is 5.32 Å². The van der Waals surface area contributed by atoms with Gasteiger partial charge in [0.05, 0.1) is 25.5 Å². The first-order valence-electron chi connectivity index (χ1n) is 6.42. The second-order valence-electron chi connectivity index (χ2n) is 4.56. The number of hydrogen-bond donors (Lipinski definition) is 2. The summed E-state index contributed by atoms with van der Waals surface area (Å²) in [4.78, 5) is 22.8. The zero-order chi connectivity index (χ0) is 15.0. The first-order chi connectivity index (χ1) is 9.52. The number of amides is 1. The van der Waals surface area contributed by atoms with Gasteiger partial charge in [0.25, 0.3) is 0 Å². The second kappa shape index (κ2) is 8.29. The van der Waals surface area contributed by atoms with Crippen molar-refractivity contribution in [3.63, 3.8) is 0 Å². The fraction of sp³-hybridized carbons (Fsp3) is 0.429. The minimum atomic E-state index is -1.25. The average molecular weight is 280 g/mol. The number of rotatable bonds is 8. The number of hydrogen-bond acceptors (Lipinski definition) is 4. The summed E-state index contributed by atoms with van der Waals surface area (Å²) in [6.07, 6.45) is -0.139. The number of carbonyl (C=O) groups excluding carboxylic acids is 2. The molecule has 1 aromatic rings. The van der Waals surface area contributed by atoms with Crippen molar-refractivity contribution in [2.45, 2.75) is 19.4 Å². The van der Waals surface area contributed by atoms with E-state index in [1.165, 1.54) is 12.4 Å². The van der Waals surface area contributed by atoms with Gasteiger partial charge < -0.3 is 25.3 Å². The van der Waals surface area contributed by atoms with Crippen molar-refractivity contribution in [2.24, 2.45) is 0 Å². The Hall–Kier alpha value is -1.92. The lowest BCUT2D eigenvalue weighted by Gasteiger charge is -2.16. The molecule has 6 heteroatoms. The number of nitrogens with two attached hydrogens (primary N) is 1. The molecular weight excluding hydrogens is 260 g/mol. The first kappa shape index (κ1) is 16.1. The van der Waals surface area contributed by atoms with Crippen molar-refractivity contribution in [1.29, 1.82) is 0 Å². The maximum absolute atomic E-state index is 11.8. The molecule has 20 heavy (non-hydrogen) atoms. The van der Waals surface area contributed by atoms with Crippen LogP contribution in [0.2, 0.25) is 0 Å². The van der Waals surface area contributed by atoms with Crippen LogP contribution in [0.15, 0.2) is 24.3 Å². The number of methoxy groups -OCH3 is 1. The maximum atomic E-state index is 11.8. The Bertz CT molecular complexity index is 462. The number of carbonyl (C=O) groups is 2. The quantitative estimate of drug-likeness (QED) is 0.576. The smallest absolute Gasteiger partial charge is 0.230 e. The van der Waals surface area contributed by atoms with Gasteiger partial charge >= 0.3 is 0 Å². The van der Waals surface area contributed by atoms with Gasteiger partial charge in [-0.3, -0.25) is 4.79 Å². The van der Waals surface area contributed by atoms with E-state index < -0.39 is 12.0 Å². The summed E-state index contributed by atoms with van der Waals surface area (Å²) in [5.74, 6) is -1.60. The number of benzene rings is 1. The molecule has 0 bridgehead atoms. The lowest BCUT2D eigenvalue weighted by Crippen LogP contribution is -2.94. The fourth-order valence-corrected chi connectivity index (χ4v) is 1.78. The molecular formula is C14H20N2O4. The van der Waals surface area contributed by atoms with Gasteiger partial charge in [-0.2, -0.15) is 0 Å². The van der Waals surface area contributed by atoms with Crippen LogP contribution >= 0.6 is 0 Å². The van der Waals surface area contributed by atoms with Crippen LogP contribution in [0.25, 0.3) is 0 Å². The van der Waals surface area contributed by atoms with E-state index >= 15 is 0 Å². The van der Waals surface area contributed by atoms with Gasteiger partial charge in [0.2, 0.25) is 5.91 Å². The number of aryl methyl sites for hydroxylation is 1. The Morgan fingerprint density at radius 3 is 2.80 bits per heavy atom. The lowest BCUT2D eigenvalue weighted by atomic mass is 10.2. The van der Waals surface area contributed by atoms with Crippen LogP contribution in [0.5, 0.6) is 0 Å². The first-order valence-corrected chi connectivity index (χ1v) is 6.42. The fourth-order valence-electron chi connectivity index (χ4n) is 1.78. The van der Waals surface area contributed by atoms with Crippen LogP contribution in [0.3, 0.4) is 0 Å². The molecule has 1 amide bonds. The van der Waals surface area contributed by atoms with Gasteiger partial charge in [-0.05, 0) is 24.6 Å². The third-order valence-corrected chi connectivity index (χ3v) is 2.78. The molecule has 110 valence electrons. The van der Waals surface area contributed by atoms with Gasteiger partial charge in [-0.1, -0.05) is 12.1 Å². The molecule has 0 saturated carbocycles. The highest BCUT2D eigenvalue weighted by Crippen LogP contribution is 2.09. The Morgan fingerprint density at radius 2 is 2.20 bits per heavy atom. The minimum Gasteiger partial charge on any atom is -0.544 e. The molecule has 0 spiro atoms. The maximum Gasteiger partial charge on any atom is 0.230 e. The summed E-state index contributed by atoms with van der Waals surface area (Å²) >= 11 is 0. The third kappa shape index (κ3) is 5.81. The van der Waals surface area contributed by atoms with E-state index in [9.17, 15) is 14.7 Å². The van der Waals surface area contributed by atoms with E-state index in [-0.39, 0.29) is 12.3 Å². The van der Waals surface area contributed by atoms with Crippen LogP contribution in [-0.2, 0) is 14.3 Å². The van der Waals surface area contributed by atoms with Gasteiger partial charge in [0.1, 0.15) is 6.04 Å². The summed E-state index contributed by atoms with van der Waals surface area (Å²) in [6, 6.07) is 6.41. The third-order valence-electron chi connectivity index (χ3n) is 2.78. The zero-order valence-electron chi connectivity index (χ0n) is 11.7. The predicted octanol–water partition coefficient (Wildman–Crippen LogP) is -1.35. The van der Waals surface area contributed by atoms with E-state index in [4.69, 9.17) is 4.74 Å². The van der Waals surface area contributed by atoms with Crippen LogP contribution in [0, 0.1) is 6.92 Å². The van der Waals surface area contributed by atoms with Crippen molar-refractivity contribution in [1.82, 2.24) is 0 Å². The van der Waals surface area contributed by atoms with Crippen LogP contribution in [0.4, 0.5) is 5.69 Å². The molecule has 0 unspecified atom stereocenters. The summed E-state index contributed by atoms with van der Waals surface area (Å²) in [5.41, 5.74) is 1.68. The number of nitrogens with one attached hydrogen (secondary N) is 1. The standard InChI is InChI=1S/C14H20N2O4/c1-10-4-3-5-11(8-10)16-13(17)9-12(14(18)19)15-6-7-20-2/h3-5,8,12,15H,6-7,9H2,1-2H3,(H,16,17)(H,18,19)/t12-/m1/s1. The molecule has 1 atom stereocenters. The van der Waals surface area contributed by atoms with E-state index in [1.54, 1.807) is 6.07 Å². The number of ether oxygens (including phenoxy) is 1. The average Bonchev–Trinajstić information content (AvgIpc) is 2.37. The van der Waals surface area contributed by atoms with Crippen molar-refractivity contribution < 1.29 is 24.7 Å². The highest BCUT2D eigenvalue weighted by Gasteiger charge is 2.18. The topological polar surface area (TPSA) is 95.1 Å². The van der Waals surface area contributed by atoms with Gasteiger partial charge in [0.15, 0.2) is 0 Å². The minimum absolute atomic E-state index is 0.139. The zero-order valence-corrected chi connectivity index (χ0v) is 11.7. The van der Waals surface area contributed by atoms with Crippen molar-refractivity contribution >= 4 is 17.6 Å². The summed E-state index contributed by atoms with van der Waals surface area (Å²) < 4.78 is 4.84. The molecule has 0 aliphatic rings. The molecule has 0 fully saturated rings. The Labute approximate surface area is 118 Å². The van der Waals surface area contributed by atoms with Gasteiger partial charge in [-0.15, -0.1) is 0 Å². The molecule has 0 heterocycles. The monoisotopic (exact) mass is 280 g/mol. The summed E-state index contributed by atoms with van der Waals surface area (Å²) in [7, 11) is 1.53. The van der Waals surface area contributed by atoms with Crippen molar-refractivity contribution in [2.75, 3.05) is 25.6 Å². The largest absolute Gasteiger partial charge is 0.544 e.